The molecule has 1 aromatic carbocycles. The van der Waals surface area contributed by atoms with Gasteiger partial charge in [-0.15, -0.1) is 0 Å². The van der Waals surface area contributed by atoms with Crippen molar-refractivity contribution in [3.8, 4) is 5.69 Å². The van der Waals surface area contributed by atoms with E-state index >= 15 is 0 Å². The molecule has 1 heterocycles. The zero-order chi connectivity index (χ0) is 19.3. The van der Waals surface area contributed by atoms with Gasteiger partial charge in [-0.05, 0) is 31.2 Å². The minimum Gasteiger partial charge on any atom is -0.465 e. The number of aromatic nitrogens is 2. The number of ether oxygens (including phenoxy) is 1. The van der Waals surface area contributed by atoms with Gasteiger partial charge in [0, 0.05) is 5.02 Å². The van der Waals surface area contributed by atoms with Crippen LogP contribution in [0.4, 0.5) is 13.2 Å². The topological polar surface area (TPSA) is 73.2 Å². The number of halogens is 4. The quantitative estimate of drug-likeness (QED) is 0.582. The number of Topliss-reactive ketones (excluding diaryl/α,β-unsaturated/α-hetero) is 1. The summed E-state index contributed by atoms with van der Waals surface area (Å²) in [5.41, 5.74) is -1.67. The van der Waals surface area contributed by atoms with Gasteiger partial charge in [-0.3, -0.25) is 14.9 Å². The maximum Gasteiger partial charge on any atom is 0.434 e. The van der Waals surface area contributed by atoms with Gasteiger partial charge >= 0.3 is 12.1 Å². The van der Waals surface area contributed by atoms with E-state index in [0.29, 0.717) is 9.70 Å². The van der Waals surface area contributed by atoms with Crippen molar-refractivity contribution in [1.82, 2.24) is 15.1 Å². The van der Waals surface area contributed by atoms with Crippen molar-refractivity contribution in [2.45, 2.75) is 13.1 Å². The van der Waals surface area contributed by atoms with Crippen LogP contribution in [0.1, 0.15) is 23.0 Å². The molecule has 10 heteroatoms. The Bertz CT molecular complexity index is 788. The SMILES string of the molecule is CCOC(=O)CNCC(=O)c1cnn(-c2ccc(Cl)cc2)c1C(F)(F)F. The van der Waals surface area contributed by atoms with Crippen LogP contribution < -0.4 is 5.32 Å². The summed E-state index contributed by atoms with van der Waals surface area (Å²) in [7, 11) is 0. The van der Waals surface area contributed by atoms with Gasteiger partial charge in [-0.1, -0.05) is 11.6 Å². The van der Waals surface area contributed by atoms with Crippen LogP contribution in [-0.4, -0.2) is 41.2 Å². The molecule has 26 heavy (non-hydrogen) atoms. The smallest absolute Gasteiger partial charge is 0.434 e. The number of esters is 1. The summed E-state index contributed by atoms with van der Waals surface area (Å²) in [4.78, 5) is 23.4. The Kier molecular flexibility index (Phi) is 6.38. The van der Waals surface area contributed by atoms with Crippen molar-refractivity contribution in [3.63, 3.8) is 0 Å². The Morgan fingerprint density at radius 3 is 2.46 bits per heavy atom. The third-order valence-electron chi connectivity index (χ3n) is 3.27. The van der Waals surface area contributed by atoms with Crippen molar-refractivity contribution < 1.29 is 27.5 Å². The van der Waals surface area contributed by atoms with E-state index in [-0.39, 0.29) is 18.8 Å². The second kappa shape index (κ2) is 8.33. The molecule has 1 aromatic heterocycles. The molecular formula is C16H15ClF3N3O3. The first kappa shape index (κ1) is 19.9. The maximum absolute atomic E-state index is 13.5. The van der Waals surface area contributed by atoms with Crippen LogP contribution in [0.5, 0.6) is 0 Å². The molecule has 6 nitrogen and oxygen atoms in total. The summed E-state index contributed by atoms with van der Waals surface area (Å²) in [6, 6.07) is 5.55. The molecule has 0 aliphatic rings. The fourth-order valence-electron chi connectivity index (χ4n) is 2.19. The highest BCUT2D eigenvalue weighted by atomic mass is 35.5. The third-order valence-corrected chi connectivity index (χ3v) is 3.52. The molecular weight excluding hydrogens is 375 g/mol. The van der Waals surface area contributed by atoms with Crippen LogP contribution in [0.3, 0.4) is 0 Å². The van der Waals surface area contributed by atoms with Gasteiger partial charge in [-0.2, -0.15) is 18.3 Å². The summed E-state index contributed by atoms with van der Waals surface area (Å²) in [5, 5.41) is 6.50. The summed E-state index contributed by atoms with van der Waals surface area (Å²) in [6.45, 7) is 1.03. The molecule has 0 saturated carbocycles. The van der Waals surface area contributed by atoms with E-state index in [9.17, 15) is 22.8 Å². The van der Waals surface area contributed by atoms with Crippen molar-refractivity contribution in [3.05, 3.63) is 46.7 Å². The first-order chi connectivity index (χ1) is 12.2. The average molecular weight is 390 g/mol. The lowest BCUT2D eigenvalue weighted by atomic mass is 10.1. The first-order valence-corrected chi connectivity index (χ1v) is 7.92. The van der Waals surface area contributed by atoms with Crippen LogP contribution in [0.2, 0.25) is 5.02 Å². The average Bonchev–Trinajstić information content (AvgIpc) is 3.01. The molecule has 2 rings (SSSR count). The monoisotopic (exact) mass is 389 g/mol. The lowest BCUT2D eigenvalue weighted by Crippen LogP contribution is -2.30. The number of nitrogens with one attached hydrogen (secondary N) is 1. The van der Waals surface area contributed by atoms with Gasteiger partial charge in [0.2, 0.25) is 0 Å². The maximum atomic E-state index is 13.5. The lowest BCUT2D eigenvalue weighted by molar-refractivity contribution is -0.143. The lowest BCUT2D eigenvalue weighted by Gasteiger charge is -2.12. The molecule has 0 fully saturated rings. The Morgan fingerprint density at radius 1 is 1.23 bits per heavy atom. The molecule has 0 aliphatic carbocycles. The summed E-state index contributed by atoms with van der Waals surface area (Å²) < 4.78 is 45.7. The molecule has 0 spiro atoms. The van der Waals surface area contributed by atoms with E-state index in [1.807, 2.05) is 0 Å². The van der Waals surface area contributed by atoms with Gasteiger partial charge in [-0.25, -0.2) is 4.68 Å². The fraction of sp³-hybridized carbons (Fsp3) is 0.312. The van der Waals surface area contributed by atoms with Gasteiger partial charge < -0.3 is 4.74 Å². The molecule has 0 bridgehead atoms. The molecule has 0 aliphatic heterocycles. The zero-order valence-electron chi connectivity index (χ0n) is 13.6. The molecule has 0 atom stereocenters. The Labute approximate surface area is 151 Å². The molecule has 0 radical (unpaired) electrons. The highest BCUT2D eigenvalue weighted by molar-refractivity contribution is 6.30. The largest absolute Gasteiger partial charge is 0.465 e. The molecule has 2 aromatic rings. The summed E-state index contributed by atoms with van der Waals surface area (Å²) in [6.07, 6.45) is -3.95. The molecule has 0 amide bonds. The normalized spacial score (nSPS) is 11.4. The minimum absolute atomic E-state index is 0.111. The van der Waals surface area contributed by atoms with Crippen LogP contribution in [-0.2, 0) is 15.7 Å². The van der Waals surface area contributed by atoms with E-state index in [1.165, 1.54) is 24.3 Å². The van der Waals surface area contributed by atoms with Crippen LogP contribution in [0.25, 0.3) is 5.69 Å². The molecule has 1 N–H and O–H groups in total. The Morgan fingerprint density at radius 2 is 1.88 bits per heavy atom. The van der Waals surface area contributed by atoms with Crippen molar-refractivity contribution >= 4 is 23.4 Å². The number of hydrogen-bond acceptors (Lipinski definition) is 5. The predicted molar refractivity (Wildman–Crippen MR) is 87.4 cm³/mol. The second-order valence-electron chi connectivity index (χ2n) is 5.12. The molecule has 140 valence electrons. The van der Waals surface area contributed by atoms with Crippen molar-refractivity contribution in [2.75, 3.05) is 19.7 Å². The first-order valence-electron chi connectivity index (χ1n) is 7.54. The van der Waals surface area contributed by atoms with Gasteiger partial charge in [0.15, 0.2) is 11.5 Å². The highest BCUT2D eigenvalue weighted by Gasteiger charge is 2.40. The van der Waals surface area contributed by atoms with E-state index in [2.05, 4.69) is 15.2 Å². The Balaban J connectivity index is 2.25. The number of hydrogen-bond donors (Lipinski definition) is 1. The Hall–Kier alpha value is -2.39. The van der Waals surface area contributed by atoms with Crippen molar-refractivity contribution in [2.24, 2.45) is 0 Å². The number of ketones is 1. The summed E-state index contributed by atoms with van der Waals surface area (Å²) >= 11 is 5.74. The van der Waals surface area contributed by atoms with E-state index in [4.69, 9.17) is 11.6 Å². The zero-order valence-corrected chi connectivity index (χ0v) is 14.4. The number of nitrogens with zero attached hydrogens (tertiary/aromatic N) is 2. The minimum atomic E-state index is -4.80. The van der Waals surface area contributed by atoms with Crippen molar-refractivity contribution in [1.29, 1.82) is 0 Å². The van der Waals surface area contributed by atoms with Crippen LogP contribution in [0.15, 0.2) is 30.5 Å². The summed E-state index contributed by atoms with van der Waals surface area (Å²) in [5.74, 6) is -1.45. The highest BCUT2D eigenvalue weighted by Crippen LogP contribution is 2.34. The van der Waals surface area contributed by atoms with Gasteiger partial charge in [0.1, 0.15) is 0 Å². The number of rotatable bonds is 7. The van der Waals surface area contributed by atoms with E-state index in [1.54, 1.807) is 6.92 Å². The standard InChI is InChI=1S/C16H15ClF3N3O3/c1-2-26-14(25)9-21-8-13(24)12-7-22-23(15(12)16(18,19)20)11-5-3-10(17)4-6-11/h3-7,21H,2,8-9H2,1H3. The van der Waals surface area contributed by atoms with E-state index < -0.39 is 35.7 Å². The molecule has 0 unspecified atom stereocenters. The second-order valence-corrected chi connectivity index (χ2v) is 5.56. The number of carbonyl (C=O) groups excluding carboxylic acids is 2. The van der Waals surface area contributed by atoms with Crippen LogP contribution >= 0.6 is 11.6 Å². The number of alkyl halides is 3. The molecule has 0 saturated heterocycles. The number of benzene rings is 1. The van der Waals surface area contributed by atoms with Gasteiger partial charge in [0.05, 0.1) is 37.1 Å². The predicted octanol–water partition coefficient (Wildman–Crippen LogP) is 2.88. The fourth-order valence-corrected chi connectivity index (χ4v) is 2.31. The third kappa shape index (κ3) is 4.83. The van der Waals surface area contributed by atoms with Crippen LogP contribution in [0, 0.1) is 0 Å². The van der Waals surface area contributed by atoms with E-state index in [0.717, 1.165) is 6.20 Å². The number of carbonyl (C=O) groups is 2. The van der Waals surface area contributed by atoms with Gasteiger partial charge in [0.25, 0.3) is 0 Å².